The SMILES string of the molecule is CCOC(=O)c1c(NC(=O)C[C@H]2C=CCC2)sc(C(=O)NC)c1C. The zero-order chi connectivity index (χ0) is 17.7. The number of thiophene rings is 1. The maximum Gasteiger partial charge on any atom is 0.341 e. The molecule has 0 fully saturated rings. The van der Waals surface area contributed by atoms with Crippen LogP contribution in [0.15, 0.2) is 12.2 Å². The first kappa shape index (κ1) is 18.2. The average molecular weight is 350 g/mol. The maximum atomic E-state index is 12.3. The number of carbonyl (C=O) groups excluding carboxylic acids is 3. The highest BCUT2D eigenvalue weighted by molar-refractivity contribution is 7.18. The molecule has 1 aliphatic rings. The van der Waals surface area contributed by atoms with E-state index < -0.39 is 5.97 Å². The van der Waals surface area contributed by atoms with Crippen LogP contribution >= 0.6 is 11.3 Å². The van der Waals surface area contributed by atoms with Gasteiger partial charge in [0.05, 0.1) is 17.0 Å². The van der Waals surface area contributed by atoms with Crippen LogP contribution in [0.2, 0.25) is 0 Å². The van der Waals surface area contributed by atoms with E-state index >= 15 is 0 Å². The van der Waals surface area contributed by atoms with Gasteiger partial charge in [0.1, 0.15) is 5.00 Å². The lowest BCUT2D eigenvalue weighted by Crippen LogP contribution is -2.18. The van der Waals surface area contributed by atoms with Gasteiger partial charge in [-0.1, -0.05) is 12.2 Å². The van der Waals surface area contributed by atoms with Crippen molar-refractivity contribution in [3.63, 3.8) is 0 Å². The quantitative estimate of drug-likeness (QED) is 0.610. The molecule has 1 aliphatic carbocycles. The van der Waals surface area contributed by atoms with E-state index in [2.05, 4.69) is 16.7 Å². The molecule has 2 rings (SSSR count). The molecule has 0 bridgehead atoms. The van der Waals surface area contributed by atoms with Crippen molar-refractivity contribution < 1.29 is 19.1 Å². The molecule has 1 aromatic heterocycles. The minimum Gasteiger partial charge on any atom is -0.462 e. The predicted octanol–water partition coefficient (Wildman–Crippen LogP) is 2.89. The highest BCUT2D eigenvalue weighted by atomic mass is 32.1. The Kier molecular flexibility index (Phi) is 6.14. The summed E-state index contributed by atoms with van der Waals surface area (Å²) in [5.41, 5.74) is 0.782. The lowest BCUT2D eigenvalue weighted by atomic mass is 10.1. The number of hydrogen-bond donors (Lipinski definition) is 2. The van der Waals surface area contributed by atoms with Gasteiger partial charge in [0.2, 0.25) is 5.91 Å². The molecule has 2 N–H and O–H groups in total. The Morgan fingerprint density at radius 2 is 2.12 bits per heavy atom. The largest absolute Gasteiger partial charge is 0.462 e. The van der Waals surface area contributed by atoms with Crippen molar-refractivity contribution >= 4 is 34.1 Å². The molecular weight excluding hydrogens is 328 g/mol. The third kappa shape index (κ3) is 4.03. The van der Waals surface area contributed by atoms with Crippen molar-refractivity contribution in [1.29, 1.82) is 0 Å². The number of ether oxygens (including phenoxy) is 1. The van der Waals surface area contributed by atoms with Crippen molar-refractivity contribution in [2.24, 2.45) is 5.92 Å². The number of hydrogen-bond acceptors (Lipinski definition) is 5. The Bertz CT molecular complexity index is 678. The number of allylic oxidation sites excluding steroid dienone is 2. The maximum absolute atomic E-state index is 12.3. The zero-order valence-corrected chi connectivity index (χ0v) is 14.9. The van der Waals surface area contributed by atoms with Crippen molar-refractivity contribution in [3.05, 3.63) is 28.2 Å². The molecule has 130 valence electrons. The standard InChI is InChI=1S/C17H22N2O4S/c1-4-23-17(22)13-10(2)14(15(21)18-3)24-16(13)19-12(20)9-11-7-5-6-8-11/h5,7,11H,4,6,8-9H2,1-3H3,(H,18,21)(H,19,20)/t11-/m0/s1. The number of esters is 1. The van der Waals surface area contributed by atoms with Crippen LogP contribution in [0.1, 0.15) is 51.8 Å². The number of amides is 2. The van der Waals surface area contributed by atoms with Crippen molar-refractivity contribution in [1.82, 2.24) is 5.32 Å². The second kappa shape index (κ2) is 8.10. The molecule has 0 saturated carbocycles. The summed E-state index contributed by atoms with van der Waals surface area (Å²) < 4.78 is 5.06. The van der Waals surface area contributed by atoms with E-state index in [1.165, 1.54) is 7.05 Å². The van der Waals surface area contributed by atoms with Crippen LogP contribution in [-0.2, 0) is 9.53 Å². The second-order valence-electron chi connectivity index (χ2n) is 5.58. The summed E-state index contributed by atoms with van der Waals surface area (Å²) in [6.07, 6.45) is 6.43. The van der Waals surface area contributed by atoms with Crippen LogP contribution in [0.4, 0.5) is 5.00 Å². The molecule has 1 atom stereocenters. The summed E-state index contributed by atoms with van der Waals surface area (Å²) in [6, 6.07) is 0. The molecule has 0 radical (unpaired) electrons. The monoisotopic (exact) mass is 350 g/mol. The summed E-state index contributed by atoms with van der Waals surface area (Å²) in [7, 11) is 1.52. The smallest absolute Gasteiger partial charge is 0.341 e. The first-order valence-electron chi connectivity index (χ1n) is 7.97. The molecule has 0 saturated heterocycles. The molecule has 1 aromatic rings. The van der Waals surface area contributed by atoms with Crippen LogP contribution in [0, 0.1) is 12.8 Å². The van der Waals surface area contributed by atoms with E-state index in [0.717, 1.165) is 24.2 Å². The summed E-state index contributed by atoms with van der Waals surface area (Å²) in [6.45, 7) is 3.62. The van der Waals surface area contributed by atoms with E-state index in [0.29, 0.717) is 21.9 Å². The van der Waals surface area contributed by atoms with Gasteiger partial charge in [0.15, 0.2) is 0 Å². The van der Waals surface area contributed by atoms with E-state index in [-0.39, 0.29) is 29.9 Å². The topological polar surface area (TPSA) is 84.5 Å². The number of anilines is 1. The van der Waals surface area contributed by atoms with Crippen LogP contribution in [0.3, 0.4) is 0 Å². The highest BCUT2D eigenvalue weighted by Gasteiger charge is 2.26. The van der Waals surface area contributed by atoms with Crippen LogP contribution < -0.4 is 10.6 Å². The summed E-state index contributed by atoms with van der Waals surface area (Å²) in [5, 5.41) is 5.70. The van der Waals surface area contributed by atoms with E-state index in [1.54, 1.807) is 13.8 Å². The lowest BCUT2D eigenvalue weighted by molar-refractivity contribution is -0.116. The fraction of sp³-hybridized carbons (Fsp3) is 0.471. The Balaban J connectivity index is 2.25. The van der Waals surface area contributed by atoms with Gasteiger partial charge in [-0.15, -0.1) is 11.3 Å². The summed E-state index contributed by atoms with van der Waals surface area (Å²) in [4.78, 5) is 36.9. The Labute approximate surface area is 145 Å². The lowest BCUT2D eigenvalue weighted by Gasteiger charge is -2.09. The van der Waals surface area contributed by atoms with E-state index in [9.17, 15) is 14.4 Å². The molecule has 24 heavy (non-hydrogen) atoms. The third-order valence-corrected chi connectivity index (χ3v) is 5.08. The first-order chi connectivity index (χ1) is 11.5. The molecule has 2 amide bonds. The number of rotatable bonds is 6. The molecule has 0 aliphatic heterocycles. The van der Waals surface area contributed by atoms with Crippen LogP contribution in [0.25, 0.3) is 0 Å². The number of nitrogens with one attached hydrogen (secondary N) is 2. The van der Waals surface area contributed by atoms with Gasteiger partial charge >= 0.3 is 5.97 Å². The van der Waals surface area contributed by atoms with Crippen LogP contribution in [0.5, 0.6) is 0 Å². The first-order valence-corrected chi connectivity index (χ1v) is 8.78. The van der Waals surface area contributed by atoms with Gasteiger partial charge in [-0.3, -0.25) is 9.59 Å². The Morgan fingerprint density at radius 1 is 1.38 bits per heavy atom. The van der Waals surface area contributed by atoms with Crippen molar-refractivity contribution in [2.45, 2.75) is 33.1 Å². The van der Waals surface area contributed by atoms with Gasteiger partial charge in [-0.2, -0.15) is 0 Å². The summed E-state index contributed by atoms with van der Waals surface area (Å²) >= 11 is 1.10. The normalized spacial score (nSPS) is 16.0. The molecular formula is C17H22N2O4S. The Hall–Kier alpha value is -2.15. The molecule has 0 spiro atoms. The van der Waals surface area contributed by atoms with Gasteiger partial charge in [0.25, 0.3) is 5.91 Å². The molecule has 0 aromatic carbocycles. The van der Waals surface area contributed by atoms with Crippen molar-refractivity contribution in [2.75, 3.05) is 19.0 Å². The third-order valence-electron chi connectivity index (χ3n) is 3.87. The van der Waals surface area contributed by atoms with Crippen LogP contribution in [-0.4, -0.2) is 31.4 Å². The molecule has 0 unspecified atom stereocenters. The van der Waals surface area contributed by atoms with Crippen molar-refractivity contribution in [3.8, 4) is 0 Å². The van der Waals surface area contributed by atoms with Gasteiger partial charge < -0.3 is 15.4 Å². The fourth-order valence-corrected chi connectivity index (χ4v) is 3.82. The highest BCUT2D eigenvalue weighted by Crippen LogP contribution is 2.34. The average Bonchev–Trinajstić information content (AvgIpc) is 3.14. The van der Waals surface area contributed by atoms with Gasteiger partial charge in [0, 0.05) is 13.5 Å². The van der Waals surface area contributed by atoms with Gasteiger partial charge in [-0.25, -0.2) is 4.79 Å². The van der Waals surface area contributed by atoms with Gasteiger partial charge in [-0.05, 0) is 38.2 Å². The minimum absolute atomic E-state index is 0.165. The second-order valence-corrected chi connectivity index (χ2v) is 6.60. The fourth-order valence-electron chi connectivity index (χ4n) is 2.66. The van der Waals surface area contributed by atoms with E-state index in [4.69, 9.17) is 4.74 Å². The molecule has 7 heteroatoms. The Morgan fingerprint density at radius 3 is 2.71 bits per heavy atom. The molecule has 1 heterocycles. The predicted molar refractivity (Wildman–Crippen MR) is 93.5 cm³/mol. The van der Waals surface area contributed by atoms with E-state index in [1.807, 2.05) is 6.08 Å². The zero-order valence-electron chi connectivity index (χ0n) is 14.1. The minimum atomic E-state index is -0.530. The summed E-state index contributed by atoms with van der Waals surface area (Å²) in [5.74, 6) is -0.753. The molecule has 6 nitrogen and oxygen atoms in total. The number of carbonyl (C=O) groups is 3.